The van der Waals surface area contributed by atoms with Crippen LogP contribution in [0.25, 0.3) is 65.3 Å². The monoisotopic (exact) mass is 790 g/mol. The molecule has 0 aliphatic rings. The fourth-order valence-corrected chi connectivity index (χ4v) is 7.82. The van der Waals surface area contributed by atoms with Crippen LogP contribution in [-0.2, 0) is 36.9 Å². The minimum atomic E-state index is 0.0267. The average molecular weight is 791 g/mol. The van der Waals surface area contributed by atoms with Gasteiger partial charge in [-0.2, -0.15) is 0 Å². The van der Waals surface area contributed by atoms with Gasteiger partial charge in [-0.1, -0.05) is 109 Å². The Bertz CT molecular complexity index is 2540. The van der Waals surface area contributed by atoms with Crippen molar-refractivity contribution >= 4 is 43.1 Å². The summed E-state index contributed by atoms with van der Waals surface area (Å²) in [4.78, 5) is 0. The number of ether oxygens (including phenoxy) is 9. The standard InChI is InChI=1S/C50H46O9/c1-51-29-56-43-23-21-33-13-5-9-17-39(33)45(43)47-41-19-11-7-15-35(41)25-37(49(47)58-31-53-3)27-55-28-38-26-36-16-8-12-20-42(36)48(50(38)59-32-54-4)46-40-18-10-6-14-34(40)22-24-44(46)57-30-52-2/h5-26H,27-32H2,1-4H3. The maximum Gasteiger partial charge on any atom is 0.188 e. The second-order valence-electron chi connectivity index (χ2n) is 13.9. The minimum absolute atomic E-state index is 0.0267. The van der Waals surface area contributed by atoms with Crippen molar-refractivity contribution in [2.45, 2.75) is 13.2 Å². The molecule has 0 spiro atoms. The molecule has 9 heteroatoms. The van der Waals surface area contributed by atoms with E-state index in [0.717, 1.165) is 76.5 Å². The van der Waals surface area contributed by atoms with E-state index in [-0.39, 0.29) is 40.4 Å². The highest BCUT2D eigenvalue weighted by atomic mass is 16.7. The van der Waals surface area contributed by atoms with Gasteiger partial charge in [-0.05, 0) is 67.4 Å². The van der Waals surface area contributed by atoms with Crippen LogP contribution in [0.4, 0.5) is 0 Å². The molecule has 0 saturated heterocycles. The number of rotatable bonds is 18. The minimum Gasteiger partial charge on any atom is -0.467 e. The molecule has 0 heterocycles. The summed E-state index contributed by atoms with van der Waals surface area (Å²) in [5, 5.41) is 8.19. The van der Waals surface area contributed by atoms with E-state index in [1.54, 1.807) is 28.4 Å². The Balaban J connectivity index is 1.28. The van der Waals surface area contributed by atoms with Crippen molar-refractivity contribution in [3.05, 3.63) is 145 Å². The first-order valence-corrected chi connectivity index (χ1v) is 19.3. The van der Waals surface area contributed by atoms with Crippen molar-refractivity contribution in [2.75, 3.05) is 55.6 Å². The summed E-state index contributed by atoms with van der Waals surface area (Å²) in [7, 11) is 6.45. The van der Waals surface area contributed by atoms with Gasteiger partial charge < -0.3 is 42.6 Å². The fourth-order valence-electron chi connectivity index (χ4n) is 7.82. The first-order valence-electron chi connectivity index (χ1n) is 19.3. The van der Waals surface area contributed by atoms with E-state index in [4.69, 9.17) is 42.6 Å². The van der Waals surface area contributed by atoms with Crippen LogP contribution < -0.4 is 18.9 Å². The zero-order chi connectivity index (χ0) is 40.6. The fraction of sp³-hybridized carbons (Fsp3) is 0.200. The lowest BCUT2D eigenvalue weighted by Gasteiger charge is -2.23. The smallest absolute Gasteiger partial charge is 0.188 e. The van der Waals surface area contributed by atoms with E-state index in [0.29, 0.717) is 23.0 Å². The third-order valence-electron chi connectivity index (χ3n) is 10.3. The van der Waals surface area contributed by atoms with Crippen LogP contribution in [-0.4, -0.2) is 55.6 Å². The second kappa shape index (κ2) is 18.6. The third-order valence-corrected chi connectivity index (χ3v) is 10.3. The first-order chi connectivity index (χ1) is 29.1. The van der Waals surface area contributed by atoms with Crippen LogP contribution in [0.2, 0.25) is 0 Å². The van der Waals surface area contributed by atoms with Crippen LogP contribution in [0.15, 0.2) is 133 Å². The summed E-state index contributed by atoms with van der Waals surface area (Å²) >= 11 is 0. The van der Waals surface area contributed by atoms with Crippen molar-refractivity contribution in [1.82, 2.24) is 0 Å². The molecule has 0 aromatic heterocycles. The van der Waals surface area contributed by atoms with Crippen molar-refractivity contribution in [2.24, 2.45) is 0 Å². The molecule has 8 aromatic carbocycles. The maximum absolute atomic E-state index is 6.75. The molecule has 9 nitrogen and oxygen atoms in total. The molecule has 0 atom stereocenters. The van der Waals surface area contributed by atoms with E-state index in [9.17, 15) is 0 Å². The number of fused-ring (bicyclic) bond motifs is 4. The highest BCUT2D eigenvalue weighted by Gasteiger charge is 2.25. The highest BCUT2D eigenvalue weighted by Crippen LogP contribution is 2.49. The summed E-state index contributed by atoms with van der Waals surface area (Å²) in [6.07, 6.45) is 0. The Hall–Kier alpha value is -6.20. The van der Waals surface area contributed by atoms with E-state index in [1.807, 2.05) is 60.7 Å². The molecule has 0 saturated carbocycles. The maximum atomic E-state index is 6.75. The summed E-state index contributed by atoms with van der Waals surface area (Å²) in [6.45, 7) is 0.634. The van der Waals surface area contributed by atoms with E-state index in [1.165, 1.54) is 0 Å². The van der Waals surface area contributed by atoms with Gasteiger partial charge in [0, 0.05) is 61.8 Å². The average Bonchev–Trinajstić information content (AvgIpc) is 3.28. The summed E-state index contributed by atoms with van der Waals surface area (Å²) < 4.78 is 54.1. The normalized spacial score (nSPS) is 11.5. The molecular formula is C50H46O9. The predicted octanol–water partition coefficient (Wildman–Crippen LogP) is 11.3. The third kappa shape index (κ3) is 8.12. The Morgan fingerprint density at radius 1 is 0.339 bits per heavy atom. The Morgan fingerprint density at radius 2 is 0.678 bits per heavy atom. The Morgan fingerprint density at radius 3 is 1.07 bits per heavy atom. The predicted molar refractivity (Wildman–Crippen MR) is 232 cm³/mol. The molecule has 0 N–H and O–H groups in total. The molecular weight excluding hydrogens is 745 g/mol. The molecule has 300 valence electrons. The summed E-state index contributed by atoms with van der Waals surface area (Å²) in [5.41, 5.74) is 5.20. The molecule has 0 radical (unpaired) electrons. The SMILES string of the molecule is COCOc1ccc2ccccc2c1-c1c(OCOC)c(COCc2cc3ccccc3c(-c3c(OCOC)ccc4ccccc34)c2OCOC)cc2ccccc12. The van der Waals surface area contributed by atoms with Gasteiger partial charge in [0.25, 0.3) is 0 Å². The zero-order valence-corrected chi connectivity index (χ0v) is 33.6. The molecule has 0 amide bonds. The second-order valence-corrected chi connectivity index (χ2v) is 13.9. The number of benzene rings is 8. The molecule has 0 aliphatic heterocycles. The molecule has 0 fully saturated rings. The van der Waals surface area contributed by atoms with Crippen LogP contribution >= 0.6 is 0 Å². The number of hydrogen-bond acceptors (Lipinski definition) is 9. The zero-order valence-electron chi connectivity index (χ0n) is 33.6. The lowest BCUT2D eigenvalue weighted by atomic mass is 9.90. The van der Waals surface area contributed by atoms with Gasteiger partial charge in [0.1, 0.15) is 23.0 Å². The molecule has 0 aliphatic carbocycles. The van der Waals surface area contributed by atoms with E-state index < -0.39 is 0 Å². The van der Waals surface area contributed by atoms with Gasteiger partial charge >= 0.3 is 0 Å². The summed E-state index contributed by atoms with van der Waals surface area (Å²) in [5.74, 6) is 2.61. The molecule has 0 unspecified atom stereocenters. The van der Waals surface area contributed by atoms with Crippen molar-refractivity contribution in [3.63, 3.8) is 0 Å². The number of methoxy groups -OCH3 is 4. The Labute approximate surface area is 343 Å². The number of hydrogen-bond donors (Lipinski definition) is 0. The van der Waals surface area contributed by atoms with Gasteiger partial charge in [-0.15, -0.1) is 0 Å². The molecule has 0 bridgehead atoms. The van der Waals surface area contributed by atoms with Crippen LogP contribution in [0, 0.1) is 0 Å². The van der Waals surface area contributed by atoms with Crippen LogP contribution in [0.5, 0.6) is 23.0 Å². The van der Waals surface area contributed by atoms with Crippen LogP contribution in [0.1, 0.15) is 11.1 Å². The molecule has 59 heavy (non-hydrogen) atoms. The lowest BCUT2D eigenvalue weighted by Crippen LogP contribution is -2.08. The van der Waals surface area contributed by atoms with Crippen molar-refractivity contribution < 1.29 is 42.6 Å². The van der Waals surface area contributed by atoms with E-state index in [2.05, 4.69) is 72.8 Å². The summed E-state index contributed by atoms with van der Waals surface area (Å²) in [6, 6.07) is 45.4. The van der Waals surface area contributed by atoms with E-state index >= 15 is 0 Å². The van der Waals surface area contributed by atoms with Gasteiger partial charge in [0.2, 0.25) is 0 Å². The quantitative estimate of drug-likeness (QED) is 0.0789. The highest BCUT2D eigenvalue weighted by molar-refractivity contribution is 6.11. The van der Waals surface area contributed by atoms with Crippen molar-refractivity contribution in [3.8, 4) is 45.3 Å². The van der Waals surface area contributed by atoms with Crippen molar-refractivity contribution in [1.29, 1.82) is 0 Å². The van der Waals surface area contributed by atoms with Gasteiger partial charge in [0.15, 0.2) is 27.2 Å². The van der Waals surface area contributed by atoms with Gasteiger partial charge in [-0.3, -0.25) is 0 Å². The molecule has 8 rings (SSSR count). The topological polar surface area (TPSA) is 83.1 Å². The van der Waals surface area contributed by atoms with Gasteiger partial charge in [-0.25, -0.2) is 0 Å². The van der Waals surface area contributed by atoms with Gasteiger partial charge in [0.05, 0.1) is 13.2 Å². The Kier molecular flexibility index (Phi) is 12.5. The molecule has 8 aromatic rings. The largest absolute Gasteiger partial charge is 0.467 e. The lowest BCUT2D eigenvalue weighted by molar-refractivity contribution is 0.0439. The first kappa shape index (κ1) is 39.6. The van der Waals surface area contributed by atoms with Crippen LogP contribution in [0.3, 0.4) is 0 Å².